The van der Waals surface area contributed by atoms with Gasteiger partial charge in [0.05, 0.1) is 0 Å². The van der Waals surface area contributed by atoms with Gasteiger partial charge >= 0.3 is 5.69 Å². The molecule has 4 heteroatoms. The minimum absolute atomic E-state index is 0.00574. The second kappa shape index (κ2) is 3.38. The molecule has 1 aromatic heterocycles. The molecule has 0 saturated carbocycles. The highest BCUT2D eigenvalue weighted by atomic mass is 16.1. The summed E-state index contributed by atoms with van der Waals surface area (Å²) in [5, 5.41) is 3.38. The summed E-state index contributed by atoms with van der Waals surface area (Å²) in [6.45, 7) is 3.84. The zero-order valence-corrected chi connectivity index (χ0v) is 7.84. The number of hydrogen-bond acceptors (Lipinski definition) is 2. The van der Waals surface area contributed by atoms with Crippen LogP contribution in [0.3, 0.4) is 0 Å². The Hall–Kier alpha value is -1.03. The molecule has 0 bridgehead atoms. The Kier molecular flexibility index (Phi) is 2.22. The molecule has 2 rings (SSSR count). The third-order valence-corrected chi connectivity index (χ3v) is 2.64. The van der Waals surface area contributed by atoms with Gasteiger partial charge in [-0.25, -0.2) is 4.79 Å². The summed E-state index contributed by atoms with van der Waals surface area (Å²) in [4.78, 5) is 14.0. The summed E-state index contributed by atoms with van der Waals surface area (Å²) in [7, 11) is 0. The van der Waals surface area contributed by atoms with Crippen molar-refractivity contribution in [1.29, 1.82) is 0 Å². The van der Waals surface area contributed by atoms with Crippen LogP contribution < -0.4 is 11.0 Å². The van der Waals surface area contributed by atoms with Gasteiger partial charge in [-0.05, 0) is 26.3 Å². The fraction of sp³-hybridized carbons (Fsp3) is 0.667. The van der Waals surface area contributed by atoms with E-state index in [1.807, 2.05) is 6.92 Å². The second-order valence-electron chi connectivity index (χ2n) is 3.64. The molecule has 1 fully saturated rings. The molecule has 72 valence electrons. The van der Waals surface area contributed by atoms with E-state index >= 15 is 0 Å². The Bertz CT molecular complexity index is 333. The number of imidazole rings is 1. The molecule has 1 aromatic rings. The molecule has 1 aliphatic rings. The lowest BCUT2D eigenvalue weighted by atomic mass is 10.2. The van der Waals surface area contributed by atoms with Crippen molar-refractivity contribution in [1.82, 2.24) is 14.9 Å². The zero-order chi connectivity index (χ0) is 9.26. The van der Waals surface area contributed by atoms with Crippen molar-refractivity contribution in [3.63, 3.8) is 0 Å². The minimum Gasteiger partial charge on any atom is -0.312 e. The van der Waals surface area contributed by atoms with Crippen LogP contribution in [0.5, 0.6) is 0 Å². The largest absolute Gasteiger partial charge is 0.325 e. The van der Waals surface area contributed by atoms with Gasteiger partial charge in [0, 0.05) is 24.5 Å². The molecular weight excluding hydrogens is 166 g/mol. The van der Waals surface area contributed by atoms with Gasteiger partial charge in [0.2, 0.25) is 0 Å². The average Bonchev–Trinajstić information content (AvgIpc) is 2.70. The van der Waals surface area contributed by atoms with Crippen molar-refractivity contribution in [3.05, 3.63) is 22.4 Å². The Morgan fingerprint density at radius 3 is 3.08 bits per heavy atom. The summed E-state index contributed by atoms with van der Waals surface area (Å²) >= 11 is 0. The van der Waals surface area contributed by atoms with E-state index in [2.05, 4.69) is 10.3 Å². The van der Waals surface area contributed by atoms with E-state index in [1.54, 1.807) is 10.8 Å². The number of nitrogens with zero attached hydrogens (tertiary/aromatic N) is 1. The van der Waals surface area contributed by atoms with Gasteiger partial charge < -0.3 is 10.3 Å². The molecule has 1 saturated heterocycles. The zero-order valence-electron chi connectivity index (χ0n) is 7.84. The Morgan fingerprint density at radius 1 is 1.69 bits per heavy atom. The molecule has 0 amide bonds. The molecule has 0 radical (unpaired) electrons. The van der Waals surface area contributed by atoms with E-state index in [-0.39, 0.29) is 5.69 Å². The Balaban J connectivity index is 2.12. The van der Waals surface area contributed by atoms with Crippen LogP contribution in [-0.2, 0) is 6.54 Å². The number of aromatic nitrogens is 2. The van der Waals surface area contributed by atoms with Gasteiger partial charge in [0.15, 0.2) is 0 Å². The average molecular weight is 181 g/mol. The summed E-state index contributed by atoms with van der Waals surface area (Å²) in [6.07, 6.45) is 4.16. The highest BCUT2D eigenvalue weighted by Gasteiger charge is 2.15. The van der Waals surface area contributed by atoms with E-state index < -0.39 is 0 Å². The predicted octanol–water partition coefficient (Wildman–Crippen LogP) is 0.237. The van der Waals surface area contributed by atoms with Crippen LogP contribution in [0, 0.1) is 6.92 Å². The first-order valence-corrected chi connectivity index (χ1v) is 4.75. The highest BCUT2D eigenvalue weighted by Crippen LogP contribution is 2.07. The van der Waals surface area contributed by atoms with Crippen LogP contribution in [0.4, 0.5) is 0 Å². The fourth-order valence-corrected chi connectivity index (χ4v) is 1.84. The minimum atomic E-state index is 0.00574. The van der Waals surface area contributed by atoms with E-state index in [0.29, 0.717) is 6.04 Å². The number of rotatable bonds is 2. The molecule has 2 heterocycles. The third kappa shape index (κ3) is 1.67. The quantitative estimate of drug-likeness (QED) is 0.686. The van der Waals surface area contributed by atoms with E-state index in [4.69, 9.17) is 0 Å². The lowest BCUT2D eigenvalue weighted by Gasteiger charge is -2.11. The lowest BCUT2D eigenvalue weighted by molar-refractivity contribution is 0.494. The summed E-state index contributed by atoms with van der Waals surface area (Å²) < 4.78 is 1.79. The maximum atomic E-state index is 11.3. The van der Waals surface area contributed by atoms with Crippen LogP contribution in [-0.4, -0.2) is 22.1 Å². The Morgan fingerprint density at radius 2 is 2.54 bits per heavy atom. The van der Waals surface area contributed by atoms with Crippen molar-refractivity contribution in [3.8, 4) is 0 Å². The van der Waals surface area contributed by atoms with E-state index in [0.717, 1.165) is 18.8 Å². The van der Waals surface area contributed by atoms with Crippen molar-refractivity contribution < 1.29 is 0 Å². The van der Waals surface area contributed by atoms with Crippen molar-refractivity contribution in [2.24, 2.45) is 0 Å². The molecule has 2 N–H and O–H groups in total. The van der Waals surface area contributed by atoms with Crippen molar-refractivity contribution >= 4 is 0 Å². The molecule has 4 nitrogen and oxygen atoms in total. The van der Waals surface area contributed by atoms with Gasteiger partial charge in [0.25, 0.3) is 0 Å². The number of nitrogens with one attached hydrogen (secondary N) is 2. The maximum Gasteiger partial charge on any atom is 0.325 e. The number of hydrogen-bond donors (Lipinski definition) is 2. The molecule has 0 aliphatic carbocycles. The van der Waals surface area contributed by atoms with Gasteiger partial charge in [0.1, 0.15) is 0 Å². The maximum absolute atomic E-state index is 11.3. The van der Waals surface area contributed by atoms with Crippen LogP contribution in [0.25, 0.3) is 0 Å². The first kappa shape index (κ1) is 8.56. The molecule has 1 atom stereocenters. The van der Waals surface area contributed by atoms with Crippen LogP contribution >= 0.6 is 0 Å². The van der Waals surface area contributed by atoms with E-state index in [9.17, 15) is 4.79 Å². The fourth-order valence-electron chi connectivity index (χ4n) is 1.84. The second-order valence-corrected chi connectivity index (χ2v) is 3.64. The van der Waals surface area contributed by atoms with Crippen LogP contribution in [0.1, 0.15) is 18.5 Å². The highest BCUT2D eigenvalue weighted by molar-refractivity contribution is 4.95. The summed E-state index contributed by atoms with van der Waals surface area (Å²) in [5.74, 6) is 0. The molecule has 0 aromatic carbocycles. The standard InChI is InChI=1S/C9H15N3O/c1-7-5-11-9(13)12(7)6-8-3-2-4-10-8/h5,8,10H,2-4,6H2,1H3,(H,11,13). The van der Waals surface area contributed by atoms with Crippen molar-refractivity contribution in [2.45, 2.75) is 32.4 Å². The summed E-state index contributed by atoms with van der Waals surface area (Å²) in [5.41, 5.74) is 1.02. The third-order valence-electron chi connectivity index (χ3n) is 2.64. The van der Waals surface area contributed by atoms with Gasteiger partial charge in [-0.3, -0.25) is 4.57 Å². The molecular formula is C9H15N3O. The summed E-state index contributed by atoms with van der Waals surface area (Å²) in [6, 6.07) is 0.479. The molecule has 1 unspecified atom stereocenters. The lowest BCUT2D eigenvalue weighted by Crippen LogP contribution is -2.31. The molecule has 1 aliphatic heterocycles. The van der Waals surface area contributed by atoms with Gasteiger partial charge in [-0.15, -0.1) is 0 Å². The molecule has 0 spiro atoms. The predicted molar refractivity (Wildman–Crippen MR) is 50.8 cm³/mol. The first-order valence-electron chi connectivity index (χ1n) is 4.75. The van der Waals surface area contributed by atoms with Gasteiger partial charge in [-0.2, -0.15) is 0 Å². The van der Waals surface area contributed by atoms with Crippen LogP contribution in [0.2, 0.25) is 0 Å². The number of H-pyrrole nitrogens is 1. The van der Waals surface area contributed by atoms with E-state index in [1.165, 1.54) is 12.8 Å². The monoisotopic (exact) mass is 181 g/mol. The normalized spacial score (nSPS) is 22.4. The number of aromatic amines is 1. The number of aryl methyl sites for hydroxylation is 1. The Labute approximate surface area is 77.0 Å². The SMILES string of the molecule is Cc1c[nH]c(=O)n1CC1CCCN1. The molecule has 13 heavy (non-hydrogen) atoms. The van der Waals surface area contributed by atoms with Crippen LogP contribution in [0.15, 0.2) is 11.0 Å². The topological polar surface area (TPSA) is 49.8 Å². The van der Waals surface area contributed by atoms with Crippen molar-refractivity contribution in [2.75, 3.05) is 6.54 Å². The first-order chi connectivity index (χ1) is 6.27. The van der Waals surface area contributed by atoms with Gasteiger partial charge in [-0.1, -0.05) is 0 Å². The smallest absolute Gasteiger partial charge is 0.312 e.